The van der Waals surface area contributed by atoms with Crippen LogP contribution in [-0.2, 0) is 11.2 Å². The molecule has 1 N–H and O–H groups in total. The van der Waals surface area contributed by atoms with Gasteiger partial charge in [0, 0.05) is 43.7 Å². The molecule has 4 aromatic rings. The van der Waals surface area contributed by atoms with Gasteiger partial charge in [-0.1, -0.05) is 44.0 Å². The van der Waals surface area contributed by atoms with Crippen LogP contribution in [0.4, 0.5) is 54.1 Å². The Kier molecular flexibility index (Phi) is 12.3. The number of aromatic nitrogens is 3. The number of anilines is 1. The van der Waals surface area contributed by atoms with Gasteiger partial charge in [0.1, 0.15) is 29.5 Å². The van der Waals surface area contributed by atoms with Gasteiger partial charge in [0.25, 0.3) is 0 Å². The van der Waals surface area contributed by atoms with E-state index in [2.05, 4.69) is 25.8 Å². The number of methoxy groups -OCH3 is 1. The van der Waals surface area contributed by atoms with Crippen molar-refractivity contribution in [1.29, 1.82) is 0 Å². The molecule has 2 aromatic carbocycles. The number of aryl methyl sites for hydroxylation is 1. The van der Waals surface area contributed by atoms with Crippen LogP contribution in [0.3, 0.4) is 0 Å². The number of ether oxygens (including phenoxy) is 2. The van der Waals surface area contributed by atoms with Gasteiger partial charge in [-0.15, -0.1) is 6.42 Å². The van der Waals surface area contributed by atoms with Gasteiger partial charge >= 0.3 is 30.1 Å². The SMILES string of the molecule is C#Cc1c(F)ccc2cccc(-c3nc4c5c(nc(OCC67CCCN6CCC7)nc5c3F)N3CCNCC3CC4)c12.CC.COC(C(F)(F)F)(C(F)(F)F)C(F)(F)F. The smallest absolute Gasteiger partial charge is 0.435 e. The molecule has 320 valence electrons. The van der Waals surface area contributed by atoms with Gasteiger partial charge in [0.05, 0.1) is 22.2 Å². The topological polar surface area (TPSA) is 75.6 Å². The second-order valence-electron chi connectivity index (χ2n) is 14.4. The van der Waals surface area contributed by atoms with Crippen molar-refractivity contribution in [3.63, 3.8) is 0 Å². The van der Waals surface area contributed by atoms with Crippen LogP contribution in [-0.4, -0.2) is 102 Å². The highest BCUT2D eigenvalue weighted by atomic mass is 19.4. The maximum atomic E-state index is 16.8. The summed E-state index contributed by atoms with van der Waals surface area (Å²) in [6.07, 6.45) is -8.19. The molecule has 0 amide bonds. The van der Waals surface area contributed by atoms with Crippen molar-refractivity contribution in [2.75, 3.05) is 51.3 Å². The van der Waals surface area contributed by atoms with E-state index in [1.807, 2.05) is 26.0 Å². The molecule has 0 spiro atoms. The molecule has 0 aliphatic carbocycles. The summed E-state index contributed by atoms with van der Waals surface area (Å²) in [7, 11) is -0.311. The first-order valence-electron chi connectivity index (χ1n) is 19.1. The van der Waals surface area contributed by atoms with Gasteiger partial charge < -0.3 is 19.7 Å². The molecule has 3 fully saturated rings. The predicted octanol–water partition coefficient (Wildman–Crippen LogP) is 8.92. The highest BCUT2D eigenvalue weighted by Gasteiger charge is 2.85. The molecular formula is C40H41F11N6O2. The first kappa shape index (κ1) is 44.0. The lowest BCUT2D eigenvalue weighted by atomic mass is 9.95. The average molecular weight is 847 g/mol. The Bertz CT molecular complexity index is 2170. The van der Waals surface area contributed by atoms with Gasteiger partial charge in [-0.25, -0.2) is 13.8 Å². The molecule has 4 aliphatic heterocycles. The van der Waals surface area contributed by atoms with E-state index in [1.54, 1.807) is 12.1 Å². The van der Waals surface area contributed by atoms with Crippen LogP contribution in [0, 0.1) is 24.0 Å². The zero-order valence-corrected chi connectivity index (χ0v) is 32.2. The van der Waals surface area contributed by atoms with Crippen molar-refractivity contribution < 1.29 is 57.8 Å². The largest absolute Gasteiger partial charge is 0.461 e. The lowest BCUT2D eigenvalue weighted by Crippen LogP contribution is -2.67. The van der Waals surface area contributed by atoms with Crippen LogP contribution in [0.1, 0.15) is 57.2 Å². The standard InChI is InChI=1S/C33H32F2N6O.C5H3F9O.C2H6/c1-2-22-24(34)10-8-20-6-3-7-23(26(20)22)29-28(35)30-27-25(37-29)11-9-21-18-36-14-17-41(21)31(27)39-32(38-30)42-19-33-12-4-15-40(33)16-5-13-33;1-15-2(3(6,7)8,4(9,10)11)5(12,13)14;1-2/h1,3,6-8,10,21,36H,4-5,9,11-19H2;1H3;1-2H3. The molecule has 2 aromatic heterocycles. The third-order valence-corrected chi connectivity index (χ3v) is 11.3. The summed E-state index contributed by atoms with van der Waals surface area (Å²) in [5.41, 5.74) is -4.53. The van der Waals surface area contributed by atoms with Crippen LogP contribution in [0.5, 0.6) is 6.01 Å². The summed E-state index contributed by atoms with van der Waals surface area (Å²) in [4.78, 5) is 19.4. The van der Waals surface area contributed by atoms with Gasteiger partial charge in [0.15, 0.2) is 5.82 Å². The van der Waals surface area contributed by atoms with Crippen LogP contribution < -0.4 is 15.0 Å². The molecule has 0 bridgehead atoms. The first-order chi connectivity index (χ1) is 27.9. The number of alkyl halides is 9. The number of fused-ring (bicyclic) bond motifs is 4. The Hall–Kier alpha value is -4.54. The number of nitrogens with zero attached hydrogens (tertiary/aromatic N) is 5. The van der Waals surface area contributed by atoms with Gasteiger partial charge in [-0.05, 0) is 63.1 Å². The van der Waals surface area contributed by atoms with Crippen LogP contribution in [0.15, 0.2) is 30.3 Å². The molecule has 0 radical (unpaired) electrons. The molecule has 8 nitrogen and oxygen atoms in total. The number of hydrogen-bond acceptors (Lipinski definition) is 8. The van der Waals surface area contributed by atoms with E-state index < -0.39 is 35.8 Å². The van der Waals surface area contributed by atoms with Crippen molar-refractivity contribution in [3.05, 3.63) is 53.2 Å². The number of benzene rings is 2. The minimum Gasteiger partial charge on any atom is -0.461 e. The van der Waals surface area contributed by atoms with Gasteiger partial charge in [-0.3, -0.25) is 4.90 Å². The van der Waals surface area contributed by atoms with Gasteiger partial charge in [0.2, 0.25) is 0 Å². The Morgan fingerprint density at radius 2 is 1.54 bits per heavy atom. The second-order valence-corrected chi connectivity index (χ2v) is 14.4. The van der Waals surface area contributed by atoms with Crippen molar-refractivity contribution in [2.45, 2.75) is 88.1 Å². The molecule has 0 saturated carbocycles. The molecule has 19 heteroatoms. The van der Waals surface area contributed by atoms with E-state index >= 15 is 4.39 Å². The Balaban J connectivity index is 0.000000294. The molecule has 3 saturated heterocycles. The predicted molar refractivity (Wildman–Crippen MR) is 198 cm³/mol. The van der Waals surface area contributed by atoms with Gasteiger partial charge in [-0.2, -0.15) is 49.5 Å². The van der Waals surface area contributed by atoms with Crippen molar-refractivity contribution in [3.8, 4) is 29.6 Å². The Labute approximate surface area is 332 Å². The Morgan fingerprint density at radius 3 is 2.14 bits per heavy atom. The van der Waals surface area contributed by atoms with Crippen LogP contribution >= 0.6 is 0 Å². The second kappa shape index (κ2) is 16.5. The fraction of sp³-hybridized carbons (Fsp3) is 0.525. The summed E-state index contributed by atoms with van der Waals surface area (Å²) in [5, 5.41) is 5.32. The fourth-order valence-electron chi connectivity index (χ4n) is 8.62. The van der Waals surface area contributed by atoms with E-state index in [0.717, 1.165) is 75.9 Å². The van der Waals surface area contributed by atoms with E-state index in [1.165, 1.54) is 6.07 Å². The van der Waals surface area contributed by atoms with Crippen molar-refractivity contribution in [1.82, 2.24) is 25.2 Å². The van der Waals surface area contributed by atoms with Crippen molar-refractivity contribution >= 4 is 27.5 Å². The zero-order valence-electron chi connectivity index (χ0n) is 32.2. The number of hydrogen-bond donors (Lipinski definition) is 1. The highest BCUT2D eigenvalue weighted by molar-refractivity contribution is 6.02. The Morgan fingerprint density at radius 1 is 0.881 bits per heavy atom. The number of nitrogens with one attached hydrogen (secondary N) is 1. The number of rotatable bonds is 5. The normalized spacial score (nSPS) is 19.2. The van der Waals surface area contributed by atoms with E-state index in [0.29, 0.717) is 35.2 Å². The zero-order chi connectivity index (χ0) is 43.1. The van der Waals surface area contributed by atoms with E-state index in [4.69, 9.17) is 26.1 Å². The van der Waals surface area contributed by atoms with E-state index in [-0.39, 0.29) is 41.5 Å². The van der Waals surface area contributed by atoms with Crippen LogP contribution in [0.25, 0.3) is 32.9 Å². The molecule has 59 heavy (non-hydrogen) atoms. The minimum absolute atomic E-state index is 0.00970. The molecule has 1 atom stereocenters. The van der Waals surface area contributed by atoms with Crippen LogP contribution in [0.2, 0.25) is 0 Å². The molecule has 1 unspecified atom stereocenters. The van der Waals surface area contributed by atoms with Crippen molar-refractivity contribution in [2.24, 2.45) is 0 Å². The number of piperazine rings is 1. The monoisotopic (exact) mass is 846 g/mol. The summed E-state index contributed by atoms with van der Waals surface area (Å²) >= 11 is 0. The lowest BCUT2D eigenvalue weighted by molar-refractivity contribution is -0.452. The number of halogens is 11. The summed E-state index contributed by atoms with van der Waals surface area (Å²) < 4.78 is 147. The summed E-state index contributed by atoms with van der Waals surface area (Å²) in [6, 6.07) is 8.82. The third-order valence-electron chi connectivity index (χ3n) is 11.3. The fourth-order valence-corrected chi connectivity index (χ4v) is 8.62. The van der Waals surface area contributed by atoms with E-state index in [9.17, 15) is 43.9 Å². The molecule has 8 rings (SSSR count). The minimum atomic E-state index is -6.64. The molecule has 6 heterocycles. The molecule has 4 aliphatic rings. The first-order valence-corrected chi connectivity index (χ1v) is 19.1. The maximum Gasteiger partial charge on any atom is 0.435 e. The average Bonchev–Trinajstić information content (AvgIpc) is 3.73. The maximum absolute atomic E-state index is 16.8. The number of pyridine rings is 1. The quantitative estimate of drug-likeness (QED) is 0.158. The third kappa shape index (κ3) is 7.60. The highest BCUT2D eigenvalue weighted by Crippen LogP contribution is 2.54. The molecular weight excluding hydrogens is 805 g/mol. The number of terminal acetylenes is 1. The summed E-state index contributed by atoms with van der Waals surface area (Å²) in [6.45, 7) is 9.06. The lowest BCUT2D eigenvalue weighted by Gasteiger charge is -2.36. The summed E-state index contributed by atoms with van der Waals surface area (Å²) in [5.74, 6) is 2.08.